The number of benzene rings is 1. The Kier molecular flexibility index (Phi) is 8.58. The first-order valence-electron chi connectivity index (χ1n) is 8.10. The quantitative estimate of drug-likeness (QED) is 0.695. The lowest BCUT2D eigenvalue weighted by molar-refractivity contribution is 0.156. The van der Waals surface area contributed by atoms with Gasteiger partial charge < -0.3 is 15.8 Å². The zero-order chi connectivity index (χ0) is 15.7. The van der Waals surface area contributed by atoms with Crippen LogP contribution in [0.25, 0.3) is 0 Å². The van der Waals surface area contributed by atoms with Crippen LogP contribution in [0.15, 0.2) is 24.3 Å². The molecule has 1 aromatic rings. The van der Waals surface area contributed by atoms with E-state index in [1.54, 1.807) is 7.11 Å². The number of hydrogen-bond donors (Lipinski definition) is 2. The highest BCUT2D eigenvalue weighted by Crippen LogP contribution is 2.17. The SMILES string of the molecule is COCC(CCCN)NC(C)c1ccc(CC(C)C)cc1. The zero-order valence-electron chi connectivity index (χ0n) is 14.1. The Bertz CT molecular complexity index is 375. The molecule has 21 heavy (non-hydrogen) atoms. The van der Waals surface area contributed by atoms with Crippen LogP contribution in [-0.4, -0.2) is 26.3 Å². The molecule has 0 amide bonds. The number of nitrogens with one attached hydrogen (secondary N) is 1. The van der Waals surface area contributed by atoms with E-state index in [0.717, 1.165) is 32.4 Å². The Balaban J connectivity index is 2.57. The molecule has 1 rings (SSSR count). The van der Waals surface area contributed by atoms with Crippen molar-refractivity contribution in [1.82, 2.24) is 5.32 Å². The fraction of sp³-hybridized carbons (Fsp3) is 0.667. The van der Waals surface area contributed by atoms with Crippen LogP contribution in [0.2, 0.25) is 0 Å². The first-order valence-corrected chi connectivity index (χ1v) is 8.10. The molecule has 0 bridgehead atoms. The smallest absolute Gasteiger partial charge is 0.0616 e. The molecule has 0 aliphatic carbocycles. The molecule has 0 spiro atoms. The summed E-state index contributed by atoms with van der Waals surface area (Å²) in [4.78, 5) is 0. The van der Waals surface area contributed by atoms with Gasteiger partial charge in [0.25, 0.3) is 0 Å². The number of ether oxygens (including phenoxy) is 1. The lowest BCUT2D eigenvalue weighted by Crippen LogP contribution is -2.35. The minimum Gasteiger partial charge on any atom is -0.383 e. The van der Waals surface area contributed by atoms with E-state index in [1.807, 2.05) is 0 Å². The Hall–Kier alpha value is -0.900. The van der Waals surface area contributed by atoms with Gasteiger partial charge in [-0.3, -0.25) is 0 Å². The molecule has 2 atom stereocenters. The van der Waals surface area contributed by atoms with Gasteiger partial charge in [-0.25, -0.2) is 0 Å². The van der Waals surface area contributed by atoms with Crippen molar-refractivity contribution in [1.29, 1.82) is 0 Å². The monoisotopic (exact) mass is 292 g/mol. The highest BCUT2D eigenvalue weighted by molar-refractivity contribution is 5.25. The predicted octanol–water partition coefficient (Wildman–Crippen LogP) is 3.29. The summed E-state index contributed by atoms with van der Waals surface area (Å²) in [6.45, 7) is 8.19. The maximum Gasteiger partial charge on any atom is 0.0616 e. The van der Waals surface area contributed by atoms with Gasteiger partial charge in [-0.1, -0.05) is 38.1 Å². The summed E-state index contributed by atoms with van der Waals surface area (Å²) in [5.74, 6) is 0.703. The highest BCUT2D eigenvalue weighted by Gasteiger charge is 2.13. The Labute approximate surface area is 130 Å². The fourth-order valence-corrected chi connectivity index (χ4v) is 2.64. The number of hydrogen-bond acceptors (Lipinski definition) is 3. The van der Waals surface area contributed by atoms with E-state index in [-0.39, 0.29) is 0 Å². The van der Waals surface area contributed by atoms with Crippen molar-refractivity contribution in [2.75, 3.05) is 20.3 Å². The second kappa shape index (κ2) is 9.93. The van der Waals surface area contributed by atoms with Crippen LogP contribution >= 0.6 is 0 Å². The molecular weight excluding hydrogens is 260 g/mol. The molecule has 0 fully saturated rings. The van der Waals surface area contributed by atoms with Crippen LogP contribution < -0.4 is 11.1 Å². The average molecular weight is 292 g/mol. The lowest BCUT2D eigenvalue weighted by atomic mass is 9.99. The first-order chi connectivity index (χ1) is 10.1. The van der Waals surface area contributed by atoms with Gasteiger partial charge in [0.1, 0.15) is 0 Å². The summed E-state index contributed by atoms with van der Waals surface area (Å²) in [5.41, 5.74) is 8.35. The van der Waals surface area contributed by atoms with Gasteiger partial charge in [-0.2, -0.15) is 0 Å². The minimum absolute atomic E-state index is 0.330. The topological polar surface area (TPSA) is 47.3 Å². The zero-order valence-corrected chi connectivity index (χ0v) is 14.1. The van der Waals surface area contributed by atoms with E-state index in [4.69, 9.17) is 10.5 Å². The molecule has 0 heterocycles. The second-order valence-corrected chi connectivity index (χ2v) is 6.31. The van der Waals surface area contributed by atoms with E-state index in [2.05, 4.69) is 50.4 Å². The highest BCUT2D eigenvalue weighted by atomic mass is 16.5. The van der Waals surface area contributed by atoms with Gasteiger partial charge in [-0.15, -0.1) is 0 Å². The maximum atomic E-state index is 5.60. The van der Waals surface area contributed by atoms with E-state index < -0.39 is 0 Å². The van der Waals surface area contributed by atoms with Crippen molar-refractivity contribution < 1.29 is 4.74 Å². The summed E-state index contributed by atoms with van der Waals surface area (Å²) < 4.78 is 5.30. The van der Waals surface area contributed by atoms with Gasteiger partial charge >= 0.3 is 0 Å². The van der Waals surface area contributed by atoms with Gasteiger partial charge in [0.05, 0.1) is 6.61 Å². The second-order valence-electron chi connectivity index (χ2n) is 6.31. The molecule has 0 radical (unpaired) electrons. The molecule has 1 aromatic carbocycles. The molecule has 3 heteroatoms. The summed E-state index contributed by atoms with van der Waals surface area (Å²) in [6, 6.07) is 9.67. The molecular formula is C18H32N2O. The standard InChI is InChI=1S/C18H32N2O/c1-14(2)12-16-7-9-17(10-8-16)15(3)20-18(13-21-4)6-5-11-19/h7-10,14-15,18,20H,5-6,11-13,19H2,1-4H3. The number of methoxy groups -OCH3 is 1. The van der Waals surface area contributed by atoms with E-state index in [9.17, 15) is 0 Å². The molecule has 120 valence electrons. The van der Waals surface area contributed by atoms with E-state index in [0.29, 0.717) is 18.0 Å². The molecule has 0 aliphatic heterocycles. The molecule has 0 saturated heterocycles. The summed E-state index contributed by atoms with van der Waals surface area (Å²) in [7, 11) is 1.75. The fourth-order valence-electron chi connectivity index (χ4n) is 2.64. The van der Waals surface area contributed by atoms with Crippen molar-refractivity contribution in [3.8, 4) is 0 Å². The van der Waals surface area contributed by atoms with Crippen LogP contribution in [0.1, 0.15) is 50.8 Å². The summed E-state index contributed by atoms with van der Waals surface area (Å²) >= 11 is 0. The van der Waals surface area contributed by atoms with Crippen LogP contribution in [-0.2, 0) is 11.2 Å². The maximum absolute atomic E-state index is 5.60. The third-order valence-electron chi connectivity index (χ3n) is 3.73. The van der Waals surface area contributed by atoms with Crippen LogP contribution in [0.3, 0.4) is 0 Å². The molecule has 3 nitrogen and oxygen atoms in total. The van der Waals surface area contributed by atoms with Crippen molar-refractivity contribution in [2.24, 2.45) is 11.7 Å². The first kappa shape index (κ1) is 18.1. The predicted molar refractivity (Wildman–Crippen MR) is 90.5 cm³/mol. The van der Waals surface area contributed by atoms with Crippen molar-refractivity contribution in [2.45, 2.75) is 52.1 Å². The average Bonchev–Trinajstić information content (AvgIpc) is 2.45. The van der Waals surface area contributed by atoms with Gasteiger partial charge in [0.15, 0.2) is 0 Å². The van der Waals surface area contributed by atoms with Crippen molar-refractivity contribution in [3.05, 3.63) is 35.4 Å². The molecule has 0 aliphatic rings. The molecule has 0 saturated carbocycles. The van der Waals surface area contributed by atoms with Gasteiger partial charge in [-0.05, 0) is 49.8 Å². The summed E-state index contributed by atoms with van der Waals surface area (Å²) in [5, 5.41) is 3.65. The van der Waals surface area contributed by atoms with Crippen molar-refractivity contribution in [3.63, 3.8) is 0 Å². The Morgan fingerprint density at radius 2 is 1.81 bits per heavy atom. The summed E-state index contributed by atoms with van der Waals surface area (Å²) in [6.07, 6.45) is 3.23. The third-order valence-corrected chi connectivity index (χ3v) is 3.73. The van der Waals surface area contributed by atoms with Gasteiger partial charge in [0, 0.05) is 19.2 Å². The van der Waals surface area contributed by atoms with Crippen LogP contribution in [0.5, 0.6) is 0 Å². The normalized spacial score (nSPS) is 14.4. The largest absolute Gasteiger partial charge is 0.383 e. The van der Waals surface area contributed by atoms with Crippen molar-refractivity contribution >= 4 is 0 Å². The Morgan fingerprint density at radius 3 is 2.33 bits per heavy atom. The van der Waals surface area contributed by atoms with E-state index >= 15 is 0 Å². The number of nitrogens with two attached hydrogens (primary N) is 1. The third kappa shape index (κ3) is 7.07. The lowest BCUT2D eigenvalue weighted by Gasteiger charge is -2.23. The Morgan fingerprint density at radius 1 is 1.14 bits per heavy atom. The minimum atomic E-state index is 0.330. The van der Waals surface area contributed by atoms with Crippen LogP contribution in [0.4, 0.5) is 0 Å². The van der Waals surface area contributed by atoms with Gasteiger partial charge in [0.2, 0.25) is 0 Å². The molecule has 3 N–H and O–H groups in total. The molecule has 2 unspecified atom stereocenters. The number of rotatable bonds is 10. The van der Waals surface area contributed by atoms with Crippen LogP contribution in [0, 0.1) is 5.92 Å². The van der Waals surface area contributed by atoms with E-state index in [1.165, 1.54) is 11.1 Å². The molecule has 0 aromatic heterocycles.